The summed E-state index contributed by atoms with van der Waals surface area (Å²) >= 11 is 2.91. The summed E-state index contributed by atoms with van der Waals surface area (Å²) in [6, 6.07) is 10.9. The molecule has 0 radical (unpaired) electrons. The first-order chi connectivity index (χ1) is 14.2. The van der Waals surface area contributed by atoms with E-state index in [0.717, 1.165) is 26.3 Å². The van der Waals surface area contributed by atoms with E-state index in [1.54, 1.807) is 12.1 Å². The van der Waals surface area contributed by atoms with Crippen molar-refractivity contribution < 1.29 is 13.2 Å². The number of nitrogens with zero attached hydrogens (tertiary/aromatic N) is 3. The molecule has 0 aliphatic rings. The van der Waals surface area contributed by atoms with Crippen LogP contribution in [0.4, 0.5) is 5.69 Å². The summed E-state index contributed by atoms with van der Waals surface area (Å²) in [5, 5.41) is 6.25. The van der Waals surface area contributed by atoms with Gasteiger partial charge in [0.25, 0.3) is 0 Å². The van der Waals surface area contributed by atoms with Gasteiger partial charge in [0.05, 0.1) is 17.1 Å². The zero-order valence-electron chi connectivity index (χ0n) is 16.8. The summed E-state index contributed by atoms with van der Waals surface area (Å²) in [7, 11) is -0.511. The lowest BCUT2D eigenvalue weighted by Crippen LogP contribution is -2.22. The number of thiazole rings is 1. The highest BCUT2D eigenvalue weighted by Gasteiger charge is 2.17. The van der Waals surface area contributed by atoms with Crippen molar-refractivity contribution in [2.24, 2.45) is 0 Å². The zero-order chi connectivity index (χ0) is 21.7. The first kappa shape index (κ1) is 22.4. The Morgan fingerprint density at radius 1 is 1.17 bits per heavy atom. The minimum absolute atomic E-state index is 0.105. The minimum atomic E-state index is -3.48. The second kappa shape index (κ2) is 9.69. The maximum atomic E-state index is 12.2. The first-order valence-electron chi connectivity index (χ1n) is 9.05. The lowest BCUT2D eigenvalue weighted by molar-refractivity contribution is -0.115. The van der Waals surface area contributed by atoms with Crippen molar-refractivity contribution in [2.75, 3.05) is 19.4 Å². The third-order valence-electron chi connectivity index (χ3n) is 4.10. The summed E-state index contributed by atoms with van der Waals surface area (Å²) in [6.07, 6.45) is 1.58. The zero-order valence-corrected chi connectivity index (χ0v) is 19.3. The molecule has 10 heteroatoms. The Hall–Kier alpha value is -2.27. The summed E-state index contributed by atoms with van der Waals surface area (Å²) in [4.78, 5) is 21.1. The van der Waals surface area contributed by atoms with Crippen molar-refractivity contribution in [1.82, 2.24) is 14.3 Å². The Balaban J connectivity index is 1.53. The number of rotatable bonds is 8. The van der Waals surface area contributed by atoms with Crippen molar-refractivity contribution in [3.05, 3.63) is 64.2 Å². The molecule has 0 saturated heterocycles. The highest BCUT2D eigenvalue weighted by molar-refractivity contribution is 7.98. The number of aromatic nitrogens is 2. The molecule has 0 aliphatic heterocycles. The maximum absolute atomic E-state index is 12.2. The van der Waals surface area contributed by atoms with Gasteiger partial charge in [-0.05, 0) is 31.2 Å². The quantitative estimate of drug-likeness (QED) is 0.515. The second-order valence-electron chi connectivity index (χ2n) is 6.73. The number of amides is 1. The van der Waals surface area contributed by atoms with Gasteiger partial charge in [0.1, 0.15) is 9.90 Å². The van der Waals surface area contributed by atoms with E-state index in [9.17, 15) is 13.2 Å². The molecule has 0 atom stereocenters. The fourth-order valence-corrected chi connectivity index (χ4v) is 4.92. The summed E-state index contributed by atoms with van der Waals surface area (Å²) in [5.41, 5.74) is 2.76. The second-order valence-corrected chi connectivity index (χ2v) is 10.8. The van der Waals surface area contributed by atoms with Gasteiger partial charge in [-0.15, -0.1) is 23.1 Å². The van der Waals surface area contributed by atoms with Crippen LogP contribution in [0.5, 0.6) is 0 Å². The number of aryl methyl sites for hydroxylation is 1. The van der Waals surface area contributed by atoms with E-state index in [1.807, 2.05) is 36.6 Å². The van der Waals surface area contributed by atoms with Gasteiger partial charge in [-0.2, -0.15) is 0 Å². The Kier molecular flexibility index (Phi) is 7.24. The van der Waals surface area contributed by atoms with Crippen molar-refractivity contribution >= 4 is 44.7 Å². The van der Waals surface area contributed by atoms with Crippen LogP contribution in [0.15, 0.2) is 57.9 Å². The molecular weight excluding hydrogens is 440 g/mol. The van der Waals surface area contributed by atoms with Crippen LogP contribution in [-0.2, 0) is 27.0 Å². The van der Waals surface area contributed by atoms with Crippen LogP contribution in [-0.4, -0.2) is 42.7 Å². The predicted molar refractivity (Wildman–Crippen MR) is 120 cm³/mol. The molecule has 2 heterocycles. The molecule has 0 fully saturated rings. The van der Waals surface area contributed by atoms with E-state index in [2.05, 4.69) is 15.3 Å². The van der Waals surface area contributed by atoms with Crippen LogP contribution in [0.2, 0.25) is 0 Å². The molecule has 1 N–H and O–H groups in total. The fraction of sp³-hybridized carbons (Fsp3) is 0.250. The lowest BCUT2D eigenvalue weighted by atomic mass is 10.2. The minimum Gasteiger partial charge on any atom is -0.326 e. The number of carbonyl (C=O) groups is 1. The highest BCUT2D eigenvalue weighted by atomic mass is 32.2. The van der Waals surface area contributed by atoms with Gasteiger partial charge >= 0.3 is 0 Å². The molecular formula is C20H22N4O3S3. The molecule has 0 spiro atoms. The van der Waals surface area contributed by atoms with Gasteiger partial charge in [-0.3, -0.25) is 4.79 Å². The predicted octanol–water partition coefficient (Wildman–Crippen LogP) is 3.57. The number of carbonyl (C=O) groups excluding carboxylic acids is 1. The van der Waals surface area contributed by atoms with Crippen molar-refractivity contribution in [3.63, 3.8) is 0 Å². The molecule has 2 aromatic heterocycles. The standard InChI is InChI=1S/C20H22N4O3S3/c1-14-4-6-15(7-5-14)22-18(25)10-20-23-16(13-29-20)12-28-19-9-8-17(11-21-19)30(26,27)24(2)3/h4-9,11,13H,10,12H2,1-3H3,(H,22,25). The summed E-state index contributed by atoms with van der Waals surface area (Å²) < 4.78 is 25.3. The van der Waals surface area contributed by atoms with Gasteiger partial charge in [0, 0.05) is 37.1 Å². The van der Waals surface area contributed by atoms with Crippen LogP contribution < -0.4 is 5.32 Å². The van der Waals surface area contributed by atoms with Crippen molar-refractivity contribution in [3.8, 4) is 0 Å². The van der Waals surface area contributed by atoms with Crippen LogP contribution >= 0.6 is 23.1 Å². The molecule has 0 saturated carbocycles. The number of benzene rings is 1. The van der Waals surface area contributed by atoms with Gasteiger partial charge in [0.15, 0.2) is 0 Å². The monoisotopic (exact) mass is 462 g/mol. The van der Waals surface area contributed by atoms with Crippen LogP contribution in [0.25, 0.3) is 0 Å². The maximum Gasteiger partial charge on any atom is 0.244 e. The van der Waals surface area contributed by atoms with Gasteiger partial charge in [0.2, 0.25) is 15.9 Å². The van der Waals surface area contributed by atoms with E-state index in [0.29, 0.717) is 10.8 Å². The van der Waals surface area contributed by atoms with E-state index in [1.165, 1.54) is 43.4 Å². The normalized spacial score (nSPS) is 11.6. The fourth-order valence-electron chi connectivity index (χ4n) is 2.44. The molecule has 30 heavy (non-hydrogen) atoms. The summed E-state index contributed by atoms with van der Waals surface area (Å²) in [5.74, 6) is 0.481. The number of anilines is 1. The average Bonchev–Trinajstić information content (AvgIpc) is 3.15. The molecule has 3 rings (SSSR count). The number of hydrogen-bond acceptors (Lipinski definition) is 7. The number of sulfonamides is 1. The molecule has 0 aliphatic carbocycles. The van der Waals surface area contributed by atoms with E-state index < -0.39 is 10.0 Å². The van der Waals surface area contributed by atoms with Crippen LogP contribution in [0, 0.1) is 6.92 Å². The van der Waals surface area contributed by atoms with Gasteiger partial charge < -0.3 is 5.32 Å². The van der Waals surface area contributed by atoms with E-state index in [4.69, 9.17) is 0 Å². The lowest BCUT2D eigenvalue weighted by Gasteiger charge is -2.10. The average molecular weight is 463 g/mol. The summed E-state index contributed by atoms with van der Waals surface area (Å²) in [6.45, 7) is 2.00. The molecule has 7 nitrogen and oxygen atoms in total. The molecule has 0 bridgehead atoms. The Morgan fingerprint density at radius 2 is 1.90 bits per heavy atom. The highest BCUT2D eigenvalue weighted by Crippen LogP contribution is 2.23. The number of pyridine rings is 1. The number of nitrogens with one attached hydrogen (secondary N) is 1. The topological polar surface area (TPSA) is 92.3 Å². The third kappa shape index (κ3) is 5.88. The van der Waals surface area contributed by atoms with Crippen LogP contribution in [0.3, 0.4) is 0 Å². The van der Waals surface area contributed by atoms with E-state index in [-0.39, 0.29) is 17.2 Å². The van der Waals surface area contributed by atoms with Crippen molar-refractivity contribution in [2.45, 2.75) is 29.0 Å². The number of thioether (sulfide) groups is 1. The SMILES string of the molecule is Cc1ccc(NC(=O)Cc2nc(CSc3ccc(S(=O)(=O)N(C)C)cn3)cs2)cc1. The Bertz CT molecular complexity index is 1110. The first-order valence-corrected chi connectivity index (χ1v) is 12.4. The Morgan fingerprint density at radius 3 is 2.53 bits per heavy atom. The largest absolute Gasteiger partial charge is 0.326 e. The molecule has 158 valence electrons. The smallest absolute Gasteiger partial charge is 0.244 e. The Labute approximate surface area is 184 Å². The number of hydrogen-bond donors (Lipinski definition) is 1. The molecule has 1 amide bonds. The van der Waals surface area contributed by atoms with Crippen LogP contribution in [0.1, 0.15) is 16.3 Å². The molecule has 0 unspecified atom stereocenters. The molecule has 3 aromatic rings. The van der Waals surface area contributed by atoms with Crippen molar-refractivity contribution in [1.29, 1.82) is 0 Å². The third-order valence-corrected chi connectivity index (χ3v) is 7.78. The van der Waals surface area contributed by atoms with Gasteiger partial charge in [-0.25, -0.2) is 22.7 Å². The van der Waals surface area contributed by atoms with E-state index >= 15 is 0 Å². The molecule has 1 aromatic carbocycles. The van der Waals surface area contributed by atoms with Gasteiger partial charge in [-0.1, -0.05) is 17.7 Å².